The second kappa shape index (κ2) is 75.5. The van der Waals surface area contributed by atoms with E-state index in [2.05, 4.69) is 113 Å². The Labute approximate surface area is 621 Å². The number of hydrogen-bond donors (Lipinski definition) is 3. The maximum absolute atomic E-state index is 13.1. The third-order valence-electron chi connectivity index (χ3n) is 17.3. The lowest BCUT2D eigenvalue weighted by atomic mass is 10.0. The fraction of sp³-hybridized carbons (Fsp3) is 0.783. The van der Waals surface area contributed by atoms with Crippen molar-refractivity contribution in [2.24, 2.45) is 0 Å². The van der Waals surface area contributed by atoms with Gasteiger partial charge in [-0.25, -0.2) is 9.13 Å². The van der Waals surface area contributed by atoms with Crippen molar-refractivity contribution in [3.05, 3.63) is 85.1 Å². The van der Waals surface area contributed by atoms with Gasteiger partial charge in [0.25, 0.3) is 0 Å². The number of allylic oxidation sites excluding steroid dienone is 14. The summed E-state index contributed by atoms with van der Waals surface area (Å²) in [5, 5.41) is 10.6. The van der Waals surface area contributed by atoms with Gasteiger partial charge in [0, 0.05) is 25.7 Å². The third kappa shape index (κ3) is 74.5. The van der Waals surface area contributed by atoms with Gasteiger partial charge in [0.05, 0.1) is 26.4 Å². The molecule has 102 heavy (non-hydrogen) atoms. The van der Waals surface area contributed by atoms with Crippen molar-refractivity contribution in [1.29, 1.82) is 0 Å². The van der Waals surface area contributed by atoms with Crippen LogP contribution in [0.25, 0.3) is 0 Å². The second-order valence-corrected chi connectivity index (χ2v) is 30.2. The van der Waals surface area contributed by atoms with Crippen LogP contribution in [0.5, 0.6) is 0 Å². The molecule has 0 aromatic rings. The highest BCUT2D eigenvalue weighted by molar-refractivity contribution is 7.47. The Morgan fingerprint density at radius 3 is 0.824 bits per heavy atom. The van der Waals surface area contributed by atoms with Crippen molar-refractivity contribution in [3.63, 3.8) is 0 Å². The molecule has 0 saturated carbocycles. The number of aliphatic hydroxyl groups excluding tert-OH is 1. The largest absolute Gasteiger partial charge is 0.472 e. The molecule has 19 heteroatoms. The topological polar surface area (TPSA) is 237 Å². The van der Waals surface area contributed by atoms with Crippen LogP contribution in [0.1, 0.15) is 362 Å². The van der Waals surface area contributed by atoms with Gasteiger partial charge in [-0.15, -0.1) is 0 Å². The van der Waals surface area contributed by atoms with E-state index >= 15 is 0 Å². The Morgan fingerprint density at radius 2 is 0.510 bits per heavy atom. The SMILES string of the molecule is CC/C=C\C/C=C\C/C=C\CCCCCCCCCC(=O)OCC(COP(=O)(O)OCC(O)COP(=O)(O)OCC(COC(=O)CCCCCCCC/C=C\C/C=C\C/C=C\CCCCC)OC(=O)CCCCCCC/C=C\CCCCCC)OC(=O)CCCCCCCCCCCCCCC. The quantitative estimate of drug-likeness (QED) is 0.0169. The first-order chi connectivity index (χ1) is 49.7. The van der Waals surface area contributed by atoms with Crippen molar-refractivity contribution in [2.75, 3.05) is 39.6 Å². The first-order valence-electron chi connectivity index (χ1n) is 40.8. The zero-order valence-corrected chi connectivity index (χ0v) is 66.6. The van der Waals surface area contributed by atoms with Crippen LogP contribution in [0.15, 0.2) is 85.1 Å². The molecule has 0 bridgehead atoms. The monoisotopic (exact) mass is 1480 g/mol. The van der Waals surface area contributed by atoms with Gasteiger partial charge in [0.1, 0.15) is 19.3 Å². The van der Waals surface area contributed by atoms with E-state index < -0.39 is 97.5 Å². The molecule has 592 valence electrons. The van der Waals surface area contributed by atoms with Crippen molar-refractivity contribution >= 4 is 39.5 Å². The minimum absolute atomic E-state index is 0.0839. The van der Waals surface area contributed by atoms with Gasteiger partial charge in [-0.3, -0.25) is 37.3 Å². The Morgan fingerprint density at radius 1 is 0.284 bits per heavy atom. The van der Waals surface area contributed by atoms with Crippen LogP contribution in [0.3, 0.4) is 0 Å². The minimum Gasteiger partial charge on any atom is -0.462 e. The average molecular weight is 1480 g/mol. The Hall–Kier alpha value is -3.76. The van der Waals surface area contributed by atoms with E-state index in [4.69, 9.17) is 37.0 Å². The van der Waals surface area contributed by atoms with Gasteiger partial charge < -0.3 is 33.8 Å². The van der Waals surface area contributed by atoms with Crippen molar-refractivity contribution in [2.45, 2.75) is 380 Å². The Balaban J connectivity index is 5.32. The molecule has 3 N–H and O–H groups in total. The van der Waals surface area contributed by atoms with Crippen LogP contribution in [0, 0.1) is 0 Å². The van der Waals surface area contributed by atoms with Gasteiger partial charge in [-0.2, -0.15) is 0 Å². The highest BCUT2D eigenvalue weighted by Crippen LogP contribution is 2.45. The predicted molar refractivity (Wildman–Crippen MR) is 418 cm³/mol. The smallest absolute Gasteiger partial charge is 0.462 e. The highest BCUT2D eigenvalue weighted by Gasteiger charge is 2.30. The van der Waals surface area contributed by atoms with E-state index in [0.717, 1.165) is 186 Å². The first-order valence-corrected chi connectivity index (χ1v) is 43.8. The maximum atomic E-state index is 13.1. The molecule has 0 aromatic heterocycles. The fourth-order valence-corrected chi connectivity index (χ4v) is 12.7. The second-order valence-electron chi connectivity index (χ2n) is 27.3. The molecule has 0 aliphatic carbocycles. The predicted octanol–water partition coefficient (Wildman–Crippen LogP) is 23.8. The van der Waals surface area contributed by atoms with E-state index in [9.17, 15) is 43.2 Å². The molecule has 0 fully saturated rings. The normalized spacial score (nSPS) is 14.3. The number of carbonyl (C=O) groups is 4. The summed E-state index contributed by atoms with van der Waals surface area (Å²) in [7, 11) is -9.95. The minimum atomic E-state index is -4.98. The van der Waals surface area contributed by atoms with Crippen LogP contribution in [-0.2, 0) is 65.4 Å². The summed E-state index contributed by atoms with van der Waals surface area (Å²) in [6.45, 7) is 4.75. The molecule has 17 nitrogen and oxygen atoms in total. The van der Waals surface area contributed by atoms with Gasteiger partial charge in [-0.05, 0) is 122 Å². The highest BCUT2D eigenvalue weighted by atomic mass is 31.2. The van der Waals surface area contributed by atoms with Crippen LogP contribution in [0.2, 0.25) is 0 Å². The number of aliphatic hydroxyl groups is 1. The molecule has 0 radical (unpaired) electrons. The first kappa shape index (κ1) is 98.2. The molecule has 0 heterocycles. The standard InChI is InChI=1S/C83H148O17P2/c1-5-9-13-17-21-25-29-33-35-37-38-40-42-46-48-52-56-60-64-68-81(86)94-74-79(100-83(88)70-66-62-58-54-50-44-32-28-24-20-16-12-8-4)76-98-102(91,92)96-72-77(84)71-95-101(89,90)97-75-78(99-82(87)69-65-61-57-53-49-43-31-27-23-19-15-11-7-3)73-93-80(85)67-63-59-55-51-47-45-41-39-36-34-30-26-22-18-14-10-6-2/h10,14,21-22,25-26,28,32-36,38,40,77-79,84H,5-9,11-13,15-20,23-24,27,29-31,37,39,41-76H2,1-4H3,(H,89,90)(H,91,92)/b14-10-,25-21-,26-22-,32-28-,35-33-,36-34-,40-38-. The summed E-state index contributed by atoms with van der Waals surface area (Å²) in [6, 6.07) is 0. The number of carbonyl (C=O) groups excluding carboxylic acids is 4. The lowest BCUT2D eigenvalue weighted by Crippen LogP contribution is -2.30. The molecule has 5 atom stereocenters. The fourth-order valence-electron chi connectivity index (χ4n) is 11.1. The summed E-state index contributed by atoms with van der Waals surface area (Å²) in [5.41, 5.74) is 0. The van der Waals surface area contributed by atoms with Crippen molar-refractivity contribution < 1.29 is 80.2 Å². The summed E-state index contributed by atoms with van der Waals surface area (Å²) in [5.74, 6) is -2.18. The number of unbranched alkanes of at least 4 members (excludes halogenated alkanes) is 37. The molecular formula is C83H148O17P2. The van der Waals surface area contributed by atoms with Gasteiger partial charge in [0.2, 0.25) is 0 Å². The number of hydrogen-bond acceptors (Lipinski definition) is 15. The van der Waals surface area contributed by atoms with Crippen LogP contribution in [0.4, 0.5) is 0 Å². The lowest BCUT2D eigenvalue weighted by Gasteiger charge is -2.21. The number of phosphoric ester groups is 2. The Kier molecular flexibility index (Phi) is 72.7. The summed E-state index contributed by atoms with van der Waals surface area (Å²) >= 11 is 0. The van der Waals surface area contributed by atoms with Crippen LogP contribution < -0.4 is 0 Å². The number of ether oxygens (including phenoxy) is 4. The van der Waals surface area contributed by atoms with Crippen molar-refractivity contribution in [1.82, 2.24) is 0 Å². The van der Waals surface area contributed by atoms with E-state index in [1.165, 1.54) is 96.3 Å². The molecule has 0 saturated heterocycles. The van der Waals surface area contributed by atoms with Crippen LogP contribution in [-0.4, -0.2) is 96.7 Å². The van der Waals surface area contributed by atoms with E-state index in [1.54, 1.807) is 0 Å². The summed E-state index contributed by atoms with van der Waals surface area (Å²) in [4.78, 5) is 73.0. The van der Waals surface area contributed by atoms with Crippen molar-refractivity contribution in [3.8, 4) is 0 Å². The van der Waals surface area contributed by atoms with Gasteiger partial charge in [0.15, 0.2) is 12.2 Å². The molecule has 0 amide bonds. The molecule has 0 rings (SSSR count). The lowest BCUT2D eigenvalue weighted by molar-refractivity contribution is -0.161. The average Bonchev–Trinajstić information content (AvgIpc) is 0.907. The molecule has 0 aliphatic rings. The summed E-state index contributed by atoms with van der Waals surface area (Å²) in [6.07, 6.45) is 78.4. The van der Waals surface area contributed by atoms with E-state index in [0.29, 0.717) is 25.7 Å². The molecule has 0 aromatic carbocycles. The number of esters is 4. The summed E-state index contributed by atoms with van der Waals surface area (Å²) < 4.78 is 68.6. The van der Waals surface area contributed by atoms with Crippen LogP contribution >= 0.6 is 15.6 Å². The third-order valence-corrected chi connectivity index (χ3v) is 19.2. The maximum Gasteiger partial charge on any atom is 0.472 e. The Bertz CT molecular complexity index is 2260. The number of phosphoric acid groups is 2. The van der Waals surface area contributed by atoms with E-state index in [1.807, 2.05) is 0 Å². The molecule has 5 unspecified atom stereocenters. The zero-order chi connectivity index (χ0) is 74.6. The van der Waals surface area contributed by atoms with E-state index in [-0.39, 0.29) is 25.7 Å². The van der Waals surface area contributed by atoms with Gasteiger partial charge in [-0.1, -0.05) is 299 Å². The molecular weight excluding hydrogens is 1330 g/mol. The number of rotatable bonds is 77. The molecule has 0 spiro atoms. The zero-order valence-electron chi connectivity index (χ0n) is 64.8. The molecule has 0 aliphatic heterocycles. The van der Waals surface area contributed by atoms with Gasteiger partial charge >= 0.3 is 39.5 Å².